The molecule has 0 fully saturated rings. The summed E-state index contributed by atoms with van der Waals surface area (Å²) in [4.78, 5) is 0. The van der Waals surface area contributed by atoms with E-state index >= 15 is 0 Å². The predicted octanol–water partition coefficient (Wildman–Crippen LogP) is 2.97. The molecule has 12 heavy (non-hydrogen) atoms. The maximum Gasteiger partial charge on any atom is 0.172 e. The van der Waals surface area contributed by atoms with Gasteiger partial charge in [0.25, 0.3) is 0 Å². The first kappa shape index (κ1) is 7.71. The van der Waals surface area contributed by atoms with Crippen molar-refractivity contribution in [2.75, 3.05) is 0 Å². The quantitative estimate of drug-likeness (QED) is 0.687. The van der Waals surface area contributed by atoms with Crippen LogP contribution >= 0.6 is 22.9 Å². The largest absolute Gasteiger partial charge is 0.506 e. The van der Waals surface area contributed by atoms with Crippen LogP contribution in [-0.2, 0) is 0 Å². The van der Waals surface area contributed by atoms with E-state index in [-0.39, 0.29) is 10.8 Å². The Balaban J connectivity index is 2.83. The Kier molecular flexibility index (Phi) is 1.63. The molecule has 1 aromatic heterocycles. The van der Waals surface area contributed by atoms with Crippen LogP contribution in [0.3, 0.4) is 0 Å². The Morgan fingerprint density at radius 3 is 2.67 bits per heavy atom. The van der Waals surface area contributed by atoms with Crippen molar-refractivity contribution in [2.24, 2.45) is 0 Å². The van der Waals surface area contributed by atoms with Gasteiger partial charge in [-0.05, 0) is 23.6 Å². The van der Waals surface area contributed by atoms with Crippen molar-refractivity contribution in [1.29, 1.82) is 0 Å². The maximum atomic E-state index is 9.22. The number of rotatable bonds is 0. The molecule has 0 bridgehead atoms. The Bertz CT molecular complexity index is 397. The summed E-state index contributed by atoms with van der Waals surface area (Å²) in [7, 11) is 0. The molecule has 4 heteroatoms. The van der Waals surface area contributed by atoms with Crippen LogP contribution in [0.5, 0.6) is 10.8 Å². The first-order valence-corrected chi connectivity index (χ1v) is 4.47. The van der Waals surface area contributed by atoms with Gasteiger partial charge in [-0.25, -0.2) is 0 Å². The summed E-state index contributed by atoms with van der Waals surface area (Å²) in [6.07, 6.45) is 0. The van der Waals surface area contributed by atoms with Crippen molar-refractivity contribution >= 4 is 33.0 Å². The zero-order valence-corrected chi connectivity index (χ0v) is 7.49. The highest BCUT2D eigenvalue weighted by atomic mass is 35.5. The maximum absolute atomic E-state index is 9.22. The number of hydrogen-bond donors (Lipinski definition) is 2. The molecule has 2 N–H and O–H groups in total. The Morgan fingerprint density at radius 1 is 1.17 bits per heavy atom. The van der Waals surface area contributed by atoms with E-state index in [0.717, 1.165) is 10.1 Å². The van der Waals surface area contributed by atoms with E-state index in [9.17, 15) is 5.11 Å². The van der Waals surface area contributed by atoms with Gasteiger partial charge in [-0.1, -0.05) is 22.9 Å². The van der Waals surface area contributed by atoms with Crippen LogP contribution in [0.25, 0.3) is 10.1 Å². The smallest absolute Gasteiger partial charge is 0.172 e. The molecule has 2 rings (SSSR count). The van der Waals surface area contributed by atoms with E-state index < -0.39 is 0 Å². The molecule has 0 aliphatic rings. The van der Waals surface area contributed by atoms with Gasteiger partial charge in [0.1, 0.15) is 5.75 Å². The third kappa shape index (κ3) is 1.11. The van der Waals surface area contributed by atoms with Crippen LogP contribution in [0.1, 0.15) is 0 Å². The standard InChI is InChI=1S/C8H5ClO2S/c9-5-1-4-2-8(11)12-7(4)3-6(5)10/h1-3,10-11H. The lowest BCUT2D eigenvalue weighted by atomic mass is 10.2. The number of hydrogen-bond acceptors (Lipinski definition) is 3. The van der Waals surface area contributed by atoms with Gasteiger partial charge in [0.05, 0.1) is 5.02 Å². The van der Waals surface area contributed by atoms with Crippen molar-refractivity contribution in [3.05, 3.63) is 23.2 Å². The molecule has 0 unspecified atom stereocenters. The number of aromatic hydroxyl groups is 2. The lowest BCUT2D eigenvalue weighted by molar-refractivity contribution is 0.476. The second kappa shape index (κ2) is 2.54. The first-order valence-electron chi connectivity index (χ1n) is 3.28. The summed E-state index contributed by atoms with van der Waals surface area (Å²) in [5.74, 6) is 0.0472. The highest BCUT2D eigenvalue weighted by molar-refractivity contribution is 7.20. The fourth-order valence-electron chi connectivity index (χ4n) is 1.03. The van der Waals surface area contributed by atoms with Gasteiger partial charge in [-0.3, -0.25) is 0 Å². The summed E-state index contributed by atoms with van der Waals surface area (Å²) in [5.41, 5.74) is 0. The number of phenolic OH excluding ortho intramolecular Hbond substituents is 1. The monoisotopic (exact) mass is 200 g/mol. The van der Waals surface area contributed by atoms with Crippen LogP contribution < -0.4 is 0 Å². The normalized spacial score (nSPS) is 10.8. The topological polar surface area (TPSA) is 40.5 Å². The molecule has 1 aromatic carbocycles. The van der Waals surface area contributed by atoms with Crippen LogP contribution in [0.2, 0.25) is 5.02 Å². The highest BCUT2D eigenvalue weighted by Gasteiger charge is 2.04. The fourth-order valence-corrected chi connectivity index (χ4v) is 2.02. The molecule has 0 atom stereocenters. The minimum Gasteiger partial charge on any atom is -0.506 e. The van der Waals surface area contributed by atoms with E-state index in [0.29, 0.717) is 5.02 Å². The Morgan fingerprint density at radius 2 is 1.92 bits per heavy atom. The summed E-state index contributed by atoms with van der Waals surface area (Å²) >= 11 is 6.88. The van der Waals surface area contributed by atoms with Crippen molar-refractivity contribution < 1.29 is 10.2 Å². The molecule has 2 aromatic rings. The van der Waals surface area contributed by atoms with Gasteiger partial charge in [0, 0.05) is 4.70 Å². The second-order valence-electron chi connectivity index (χ2n) is 2.43. The van der Waals surface area contributed by atoms with E-state index in [2.05, 4.69) is 0 Å². The van der Waals surface area contributed by atoms with Crippen LogP contribution in [0, 0.1) is 0 Å². The molecule has 0 spiro atoms. The van der Waals surface area contributed by atoms with E-state index in [1.54, 1.807) is 18.2 Å². The molecule has 1 heterocycles. The van der Waals surface area contributed by atoms with Crippen LogP contribution in [0.15, 0.2) is 18.2 Å². The Hall–Kier alpha value is -0.930. The number of phenols is 1. The van der Waals surface area contributed by atoms with Crippen molar-refractivity contribution in [2.45, 2.75) is 0 Å². The summed E-state index contributed by atoms with van der Waals surface area (Å²) in [5, 5.41) is 19.7. The van der Waals surface area contributed by atoms with Crippen LogP contribution in [-0.4, -0.2) is 10.2 Å². The van der Waals surface area contributed by atoms with E-state index in [1.807, 2.05) is 0 Å². The lowest BCUT2D eigenvalue weighted by Gasteiger charge is -1.94. The van der Waals surface area contributed by atoms with Gasteiger partial charge in [0.2, 0.25) is 0 Å². The highest BCUT2D eigenvalue weighted by Crippen LogP contribution is 2.36. The molecule has 0 aliphatic carbocycles. The predicted molar refractivity (Wildman–Crippen MR) is 50.2 cm³/mol. The van der Waals surface area contributed by atoms with Gasteiger partial charge in [-0.2, -0.15) is 0 Å². The molecule has 2 nitrogen and oxygen atoms in total. The molecule has 0 radical (unpaired) electrons. The zero-order chi connectivity index (χ0) is 8.72. The third-order valence-corrected chi connectivity index (χ3v) is 2.78. The zero-order valence-electron chi connectivity index (χ0n) is 5.91. The number of benzene rings is 1. The SMILES string of the molecule is Oc1cc2cc(Cl)c(O)cc2s1. The minimum atomic E-state index is 0.0472. The molecule has 0 amide bonds. The number of fused-ring (bicyclic) bond motifs is 1. The van der Waals surface area contributed by atoms with Crippen LogP contribution in [0.4, 0.5) is 0 Å². The van der Waals surface area contributed by atoms with Gasteiger partial charge in [-0.15, -0.1) is 0 Å². The lowest BCUT2D eigenvalue weighted by Crippen LogP contribution is -1.66. The molecule has 62 valence electrons. The summed E-state index contributed by atoms with van der Waals surface area (Å²) < 4.78 is 0.828. The molecular formula is C8H5ClO2S. The average Bonchev–Trinajstić information content (AvgIpc) is 2.30. The fraction of sp³-hybridized carbons (Fsp3) is 0. The second-order valence-corrected chi connectivity index (χ2v) is 3.90. The summed E-state index contributed by atoms with van der Waals surface area (Å²) in [6, 6.07) is 4.79. The third-order valence-electron chi connectivity index (χ3n) is 1.57. The minimum absolute atomic E-state index is 0.0472. The number of thiophene rings is 1. The number of halogens is 1. The molecule has 0 saturated heterocycles. The first-order chi connectivity index (χ1) is 5.66. The van der Waals surface area contributed by atoms with Gasteiger partial charge in [0.15, 0.2) is 5.06 Å². The van der Waals surface area contributed by atoms with Gasteiger partial charge < -0.3 is 10.2 Å². The Labute approximate surface area is 77.6 Å². The molecule has 0 saturated carbocycles. The van der Waals surface area contributed by atoms with E-state index in [4.69, 9.17) is 16.7 Å². The van der Waals surface area contributed by atoms with Crippen molar-refractivity contribution in [3.63, 3.8) is 0 Å². The van der Waals surface area contributed by atoms with Gasteiger partial charge >= 0.3 is 0 Å². The van der Waals surface area contributed by atoms with Crippen molar-refractivity contribution in [1.82, 2.24) is 0 Å². The molecule has 0 aliphatic heterocycles. The summed E-state index contributed by atoms with van der Waals surface area (Å²) in [6.45, 7) is 0. The molecular weight excluding hydrogens is 196 g/mol. The van der Waals surface area contributed by atoms with E-state index in [1.165, 1.54) is 11.3 Å². The van der Waals surface area contributed by atoms with Crippen molar-refractivity contribution in [3.8, 4) is 10.8 Å². The average molecular weight is 201 g/mol.